The summed E-state index contributed by atoms with van der Waals surface area (Å²) in [6.45, 7) is 10.8. The van der Waals surface area contributed by atoms with Crippen LogP contribution in [0.4, 0.5) is 0 Å². The maximum atomic E-state index is 11.0. The Morgan fingerprint density at radius 1 is 1.19 bits per heavy atom. The number of nitrogens with zero attached hydrogens (tertiary/aromatic N) is 3. The molecule has 32 heavy (non-hydrogen) atoms. The van der Waals surface area contributed by atoms with Gasteiger partial charge in [-0.15, -0.1) is 0 Å². The van der Waals surface area contributed by atoms with Crippen LogP contribution in [0.3, 0.4) is 0 Å². The number of carboxylic acids is 1. The maximum absolute atomic E-state index is 11.0. The number of aliphatic carboxylic acids is 1. The number of fused-ring (bicyclic) bond motifs is 1. The molecule has 0 spiro atoms. The van der Waals surface area contributed by atoms with E-state index >= 15 is 0 Å². The Morgan fingerprint density at radius 2 is 1.81 bits per heavy atom. The van der Waals surface area contributed by atoms with Crippen LogP contribution < -0.4 is 0 Å². The van der Waals surface area contributed by atoms with Crippen molar-refractivity contribution in [1.82, 2.24) is 9.80 Å². The van der Waals surface area contributed by atoms with E-state index in [2.05, 4.69) is 78.7 Å². The monoisotopic (exact) mass is 499 g/mol. The third-order valence-corrected chi connectivity index (χ3v) is 7.90. The van der Waals surface area contributed by atoms with Gasteiger partial charge in [0, 0.05) is 54.3 Å². The van der Waals surface area contributed by atoms with E-state index in [9.17, 15) is 4.79 Å². The highest BCUT2D eigenvalue weighted by Crippen LogP contribution is 2.43. The fourth-order valence-electron chi connectivity index (χ4n) is 5.76. The summed E-state index contributed by atoms with van der Waals surface area (Å²) >= 11 is 3.65. The van der Waals surface area contributed by atoms with Crippen molar-refractivity contribution in [1.29, 1.82) is 0 Å². The van der Waals surface area contributed by atoms with Crippen molar-refractivity contribution in [2.75, 3.05) is 20.1 Å². The third-order valence-electron chi connectivity index (χ3n) is 7.44. The van der Waals surface area contributed by atoms with Gasteiger partial charge < -0.3 is 14.9 Å². The Bertz CT molecular complexity index is 995. The van der Waals surface area contributed by atoms with E-state index in [-0.39, 0.29) is 18.4 Å². The van der Waals surface area contributed by atoms with E-state index in [1.54, 1.807) is 0 Å². The van der Waals surface area contributed by atoms with Gasteiger partial charge in [0.2, 0.25) is 0 Å². The van der Waals surface area contributed by atoms with Crippen LogP contribution in [0.25, 0.3) is 0 Å². The van der Waals surface area contributed by atoms with Crippen LogP contribution in [-0.4, -0.2) is 52.8 Å². The van der Waals surface area contributed by atoms with Gasteiger partial charge >= 0.3 is 5.97 Å². The molecule has 1 saturated heterocycles. The number of likely N-dealkylation sites (tertiary alicyclic amines) is 1. The standard InChI is InChI=1S/C26H34BrN3O2/c1-15-12-20(27)13-16(2)23(15)24-18(4)29(5)26(21-14-17(3)28-25(21)24)30-10-8-19(9-11-30)6-7-22(31)32/h12-14,18-19,24H,6-11H2,1-5H3,(H,31,32). The Balaban J connectivity index is 1.67. The first-order valence-corrected chi connectivity index (χ1v) is 12.4. The average molecular weight is 500 g/mol. The van der Waals surface area contributed by atoms with Crippen molar-refractivity contribution < 1.29 is 9.90 Å². The zero-order valence-electron chi connectivity index (χ0n) is 19.8. The fraction of sp³-hybridized carbons (Fsp3) is 0.538. The molecule has 0 bridgehead atoms. The number of aryl methyl sites for hydroxylation is 2. The lowest BCUT2D eigenvalue weighted by molar-refractivity contribution is -0.137. The van der Waals surface area contributed by atoms with Gasteiger partial charge in [-0.3, -0.25) is 9.79 Å². The highest BCUT2D eigenvalue weighted by molar-refractivity contribution is 9.10. The molecule has 1 N–H and O–H groups in total. The molecule has 0 radical (unpaired) electrons. The molecule has 3 heterocycles. The lowest BCUT2D eigenvalue weighted by Crippen LogP contribution is -2.49. The Morgan fingerprint density at radius 3 is 2.41 bits per heavy atom. The Kier molecular flexibility index (Phi) is 6.53. The predicted octanol–water partition coefficient (Wildman–Crippen LogP) is 5.63. The number of hydrogen-bond acceptors (Lipinski definition) is 4. The van der Waals surface area contributed by atoms with Crippen molar-refractivity contribution in [3.05, 3.63) is 56.5 Å². The maximum Gasteiger partial charge on any atom is 0.303 e. The van der Waals surface area contributed by atoms with Crippen LogP contribution in [0.1, 0.15) is 62.1 Å². The molecule has 1 aromatic carbocycles. The molecule has 0 aliphatic carbocycles. The zero-order chi connectivity index (χ0) is 23.2. The molecule has 6 heteroatoms. The van der Waals surface area contributed by atoms with E-state index in [4.69, 9.17) is 10.1 Å². The first-order valence-electron chi connectivity index (χ1n) is 11.6. The summed E-state index contributed by atoms with van der Waals surface area (Å²) in [5.74, 6) is 1.34. The molecule has 0 aromatic heterocycles. The minimum atomic E-state index is -0.685. The number of allylic oxidation sites excluding steroid dienone is 3. The third kappa shape index (κ3) is 4.26. The quantitative estimate of drug-likeness (QED) is 0.570. The second kappa shape index (κ2) is 9.05. The number of halogens is 1. The van der Waals surface area contributed by atoms with Gasteiger partial charge in [0.05, 0.1) is 5.71 Å². The summed E-state index contributed by atoms with van der Waals surface area (Å²) in [4.78, 5) is 21.0. The van der Waals surface area contributed by atoms with Crippen molar-refractivity contribution in [3.63, 3.8) is 0 Å². The number of hydrogen-bond donors (Lipinski definition) is 1. The topological polar surface area (TPSA) is 56.1 Å². The number of aliphatic imine (C=N–C) groups is 1. The number of carbonyl (C=O) groups is 1. The highest BCUT2D eigenvalue weighted by atomic mass is 79.9. The van der Waals surface area contributed by atoms with E-state index in [0.717, 1.165) is 42.5 Å². The van der Waals surface area contributed by atoms with E-state index < -0.39 is 5.97 Å². The minimum Gasteiger partial charge on any atom is -0.481 e. The second-order valence-electron chi connectivity index (χ2n) is 9.67. The number of likely N-dealkylation sites (N-methyl/N-ethyl adjacent to an activating group) is 1. The largest absolute Gasteiger partial charge is 0.481 e. The van der Waals surface area contributed by atoms with Crippen LogP contribution in [0.15, 0.2) is 44.8 Å². The zero-order valence-corrected chi connectivity index (χ0v) is 21.4. The van der Waals surface area contributed by atoms with Gasteiger partial charge in [-0.05, 0) is 87.8 Å². The molecule has 2 atom stereocenters. The van der Waals surface area contributed by atoms with Gasteiger partial charge in [0.15, 0.2) is 0 Å². The SMILES string of the molecule is CC1=CC2=C(N3CCC(CCC(=O)O)CC3)N(C)C(C)C(c3c(C)cc(Br)cc3C)C2=N1. The second-order valence-corrected chi connectivity index (χ2v) is 10.6. The first kappa shape index (κ1) is 23.1. The predicted molar refractivity (Wildman–Crippen MR) is 133 cm³/mol. The number of benzene rings is 1. The summed E-state index contributed by atoms with van der Waals surface area (Å²) in [7, 11) is 2.22. The molecule has 3 aliphatic heterocycles. The van der Waals surface area contributed by atoms with Crippen LogP contribution in [0.5, 0.6) is 0 Å². The lowest BCUT2D eigenvalue weighted by atomic mass is 9.77. The summed E-state index contributed by atoms with van der Waals surface area (Å²) in [6.07, 6.45) is 5.42. The van der Waals surface area contributed by atoms with Gasteiger partial charge in [-0.2, -0.15) is 0 Å². The summed E-state index contributed by atoms with van der Waals surface area (Å²) in [5.41, 5.74) is 7.53. The normalized spacial score (nSPS) is 23.9. The van der Waals surface area contributed by atoms with Crippen molar-refractivity contribution in [2.24, 2.45) is 10.9 Å². The number of rotatable bonds is 5. The molecular formula is C26H34BrN3O2. The van der Waals surface area contributed by atoms with Crippen molar-refractivity contribution >= 4 is 27.6 Å². The van der Waals surface area contributed by atoms with Gasteiger partial charge in [0.1, 0.15) is 5.82 Å². The number of carboxylic acid groups (broad SMARTS) is 1. The number of piperidine rings is 1. The highest BCUT2D eigenvalue weighted by Gasteiger charge is 2.41. The average Bonchev–Trinajstić information content (AvgIpc) is 3.10. The van der Waals surface area contributed by atoms with Crippen LogP contribution in [0, 0.1) is 19.8 Å². The Labute approximate surface area is 200 Å². The van der Waals surface area contributed by atoms with Crippen molar-refractivity contribution in [3.8, 4) is 0 Å². The van der Waals surface area contributed by atoms with Crippen molar-refractivity contribution in [2.45, 2.75) is 65.3 Å². The van der Waals surface area contributed by atoms with Crippen LogP contribution >= 0.6 is 15.9 Å². The minimum absolute atomic E-state index is 0.230. The molecule has 0 saturated carbocycles. The van der Waals surface area contributed by atoms with Crippen LogP contribution in [0.2, 0.25) is 0 Å². The molecule has 172 valence electrons. The van der Waals surface area contributed by atoms with E-state index in [1.165, 1.54) is 33.8 Å². The van der Waals surface area contributed by atoms with E-state index in [1.807, 2.05) is 0 Å². The fourth-order valence-corrected chi connectivity index (χ4v) is 6.45. The molecule has 1 fully saturated rings. The van der Waals surface area contributed by atoms with Gasteiger partial charge in [-0.25, -0.2) is 0 Å². The van der Waals surface area contributed by atoms with Gasteiger partial charge in [0.25, 0.3) is 0 Å². The van der Waals surface area contributed by atoms with Crippen LogP contribution in [-0.2, 0) is 4.79 Å². The molecule has 5 nitrogen and oxygen atoms in total. The summed E-state index contributed by atoms with van der Waals surface area (Å²) in [6, 6.07) is 4.72. The van der Waals surface area contributed by atoms with E-state index in [0.29, 0.717) is 5.92 Å². The van der Waals surface area contributed by atoms with Gasteiger partial charge in [-0.1, -0.05) is 15.9 Å². The molecule has 4 rings (SSSR count). The smallest absolute Gasteiger partial charge is 0.303 e. The Hall–Kier alpha value is -2.08. The summed E-state index contributed by atoms with van der Waals surface area (Å²) in [5, 5.41) is 9.02. The molecule has 2 unspecified atom stereocenters. The molecule has 1 aromatic rings. The first-order chi connectivity index (χ1) is 15.2. The lowest BCUT2D eigenvalue weighted by Gasteiger charge is -2.47. The molecular weight excluding hydrogens is 466 g/mol. The summed E-state index contributed by atoms with van der Waals surface area (Å²) < 4.78 is 1.12. The molecule has 0 amide bonds. The molecule has 3 aliphatic rings.